The Labute approximate surface area is 86.2 Å². The van der Waals surface area contributed by atoms with Crippen LogP contribution >= 0.6 is 0 Å². The summed E-state index contributed by atoms with van der Waals surface area (Å²) < 4.78 is 11.2. The molecule has 1 saturated carbocycles. The van der Waals surface area contributed by atoms with E-state index < -0.39 is 0 Å². The van der Waals surface area contributed by atoms with Gasteiger partial charge < -0.3 is 14.8 Å². The molecule has 0 unspecified atom stereocenters. The monoisotopic (exact) mass is 199 g/mol. The van der Waals surface area contributed by atoms with Gasteiger partial charge in [-0.2, -0.15) is 0 Å². The SMILES string of the molecule is CC1CC(NC2COC(C)(C)OC2)C1. The fraction of sp³-hybridized carbons (Fsp3) is 1.00. The van der Waals surface area contributed by atoms with Crippen LogP contribution in [0.4, 0.5) is 0 Å². The standard InChI is InChI=1S/C11H21NO2/c1-8-4-9(5-8)12-10-6-13-11(2,3)14-7-10/h8-10,12H,4-7H2,1-3H3. The molecule has 0 aromatic carbocycles. The predicted octanol–water partition coefficient (Wildman–Crippen LogP) is 1.53. The highest BCUT2D eigenvalue weighted by Gasteiger charge is 2.32. The van der Waals surface area contributed by atoms with Gasteiger partial charge in [0.1, 0.15) is 0 Å². The summed E-state index contributed by atoms with van der Waals surface area (Å²) in [6.07, 6.45) is 2.61. The molecule has 0 aromatic heterocycles. The van der Waals surface area contributed by atoms with Crippen molar-refractivity contribution in [3.05, 3.63) is 0 Å². The van der Waals surface area contributed by atoms with E-state index in [1.807, 2.05) is 13.8 Å². The lowest BCUT2D eigenvalue weighted by Crippen LogP contribution is -2.54. The quantitative estimate of drug-likeness (QED) is 0.731. The molecule has 0 aromatic rings. The highest BCUT2D eigenvalue weighted by atomic mass is 16.7. The van der Waals surface area contributed by atoms with E-state index in [0.717, 1.165) is 19.1 Å². The normalized spacial score (nSPS) is 37.9. The average molecular weight is 199 g/mol. The van der Waals surface area contributed by atoms with Gasteiger partial charge in [-0.1, -0.05) is 6.92 Å². The van der Waals surface area contributed by atoms with E-state index >= 15 is 0 Å². The Morgan fingerprint density at radius 2 is 1.64 bits per heavy atom. The van der Waals surface area contributed by atoms with E-state index in [4.69, 9.17) is 9.47 Å². The zero-order chi connectivity index (χ0) is 10.2. The van der Waals surface area contributed by atoms with Gasteiger partial charge in [0.15, 0.2) is 5.79 Å². The minimum absolute atomic E-state index is 0.384. The van der Waals surface area contributed by atoms with Crippen molar-refractivity contribution in [3.63, 3.8) is 0 Å². The minimum atomic E-state index is -0.384. The van der Waals surface area contributed by atoms with Crippen molar-refractivity contribution in [2.24, 2.45) is 5.92 Å². The third-order valence-corrected chi connectivity index (χ3v) is 3.11. The third kappa shape index (κ3) is 2.47. The van der Waals surface area contributed by atoms with Gasteiger partial charge in [0.05, 0.1) is 19.3 Å². The van der Waals surface area contributed by atoms with Crippen molar-refractivity contribution < 1.29 is 9.47 Å². The lowest BCUT2D eigenvalue weighted by atomic mass is 9.81. The van der Waals surface area contributed by atoms with Crippen LogP contribution in [0.5, 0.6) is 0 Å². The Kier molecular flexibility index (Phi) is 2.82. The predicted molar refractivity (Wildman–Crippen MR) is 55.1 cm³/mol. The van der Waals surface area contributed by atoms with Crippen LogP contribution in [0.2, 0.25) is 0 Å². The molecule has 0 spiro atoms. The Hall–Kier alpha value is -0.120. The Morgan fingerprint density at radius 3 is 2.14 bits per heavy atom. The first-order valence-corrected chi connectivity index (χ1v) is 5.59. The fourth-order valence-corrected chi connectivity index (χ4v) is 2.16. The topological polar surface area (TPSA) is 30.5 Å². The molecule has 0 amide bonds. The first kappa shape index (κ1) is 10.4. The molecule has 3 nitrogen and oxygen atoms in total. The summed E-state index contributed by atoms with van der Waals surface area (Å²) in [6.45, 7) is 7.79. The number of hydrogen-bond acceptors (Lipinski definition) is 3. The van der Waals surface area contributed by atoms with Gasteiger partial charge in [-0.05, 0) is 32.6 Å². The van der Waals surface area contributed by atoms with E-state index in [2.05, 4.69) is 12.2 Å². The third-order valence-electron chi connectivity index (χ3n) is 3.11. The number of ether oxygens (including phenoxy) is 2. The zero-order valence-electron chi connectivity index (χ0n) is 9.38. The van der Waals surface area contributed by atoms with Gasteiger partial charge >= 0.3 is 0 Å². The van der Waals surface area contributed by atoms with Crippen molar-refractivity contribution in [3.8, 4) is 0 Å². The van der Waals surface area contributed by atoms with E-state index in [1.54, 1.807) is 0 Å². The highest BCUT2D eigenvalue weighted by molar-refractivity contribution is 4.86. The molecule has 1 aliphatic heterocycles. The molecule has 1 aliphatic carbocycles. The van der Waals surface area contributed by atoms with Gasteiger partial charge in [-0.25, -0.2) is 0 Å². The summed E-state index contributed by atoms with van der Waals surface area (Å²) in [5.74, 6) is 0.514. The van der Waals surface area contributed by atoms with Crippen molar-refractivity contribution in [2.45, 2.75) is 51.5 Å². The van der Waals surface area contributed by atoms with E-state index in [-0.39, 0.29) is 5.79 Å². The van der Waals surface area contributed by atoms with Crippen molar-refractivity contribution in [1.82, 2.24) is 5.32 Å². The fourth-order valence-electron chi connectivity index (χ4n) is 2.16. The van der Waals surface area contributed by atoms with Gasteiger partial charge in [-0.3, -0.25) is 0 Å². The lowest BCUT2D eigenvalue weighted by Gasteiger charge is -2.40. The summed E-state index contributed by atoms with van der Waals surface area (Å²) in [4.78, 5) is 0. The molecule has 0 radical (unpaired) electrons. The Balaban J connectivity index is 1.69. The molecule has 2 fully saturated rings. The Bertz CT molecular complexity index is 189. The smallest absolute Gasteiger partial charge is 0.162 e. The van der Waals surface area contributed by atoms with Crippen LogP contribution in [-0.2, 0) is 9.47 Å². The van der Waals surface area contributed by atoms with Gasteiger partial charge in [0.2, 0.25) is 0 Å². The van der Waals surface area contributed by atoms with E-state index in [1.165, 1.54) is 12.8 Å². The summed E-state index contributed by atoms with van der Waals surface area (Å²) in [7, 11) is 0. The molecule has 1 heterocycles. The van der Waals surface area contributed by atoms with Gasteiger partial charge in [0.25, 0.3) is 0 Å². The van der Waals surface area contributed by atoms with Crippen LogP contribution in [0.3, 0.4) is 0 Å². The second-order valence-electron chi connectivity index (χ2n) is 5.16. The maximum atomic E-state index is 5.59. The number of hydrogen-bond donors (Lipinski definition) is 1. The molecule has 0 atom stereocenters. The summed E-state index contributed by atoms with van der Waals surface area (Å²) in [5.41, 5.74) is 0. The maximum absolute atomic E-state index is 5.59. The number of nitrogens with one attached hydrogen (secondary N) is 1. The molecule has 3 heteroatoms. The van der Waals surface area contributed by atoms with Crippen LogP contribution in [0.15, 0.2) is 0 Å². The first-order chi connectivity index (χ1) is 6.55. The number of rotatable bonds is 2. The van der Waals surface area contributed by atoms with Gasteiger partial charge in [-0.15, -0.1) is 0 Å². The highest BCUT2D eigenvalue weighted by Crippen LogP contribution is 2.27. The second kappa shape index (κ2) is 3.80. The molecule has 2 rings (SSSR count). The van der Waals surface area contributed by atoms with E-state index in [0.29, 0.717) is 12.1 Å². The minimum Gasteiger partial charge on any atom is -0.349 e. The molecule has 2 aliphatic rings. The molecule has 82 valence electrons. The summed E-state index contributed by atoms with van der Waals surface area (Å²) in [6, 6.07) is 1.09. The van der Waals surface area contributed by atoms with Crippen LogP contribution in [-0.4, -0.2) is 31.1 Å². The van der Waals surface area contributed by atoms with Crippen molar-refractivity contribution in [2.75, 3.05) is 13.2 Å². The first-order valence-electron chi connectivity index (χ1n) is 5.59. The largest absolute Gasteiger partial charge is 0.349 e. The summed E-state index contributed by atoms with van der Waals surface area (Å²) in [5, 5.41) is 3.57. The van der Waals surface area contributed by atoms with Crippen LogP contribution in [0, 0.1) is 5.92 Å². The van der Waals surface area contributed by atoms with E-state index in [9.17, 15) is 0 Å². The molecular formula is C11H21NO2. The molecule has 0 bridgehead atoms. The second-order valence-corrected chi connectivity index (χ2v) is 5.16. The van der Waals surface area contributed by atoms with Crippen molar-refractivity contribution in [1.29, 1.82) is 0 Å². The molecule has 1 saturated heterocycles. The molecule has 1 N–H and O–H groups in total. The average Bonchev–Trinajstić information content (AvgIpc) is 2.06. The zero-order valence-corrected chi connectivity index (χ0v) is 9.38. The summed E-state index contributed by atoms with van der Waals surface area (Å²) >= 11 is 0. The van der Waals surface area contributed by atoms with Gasteiger partial charge in [0, 0.05) is 6.04 Å². The lowest BCUT2D eigenvalue weighted by molar-refractivity contribution is -0.254. The molecule has 14 heavy (non-hydrogen) atoms. The van der Waals surface area contributed by atoms with Crippen LogP contribution in [0.1, 0.15) is 33.6 Å². The van der Waals surface area contributed by atoms with Crippen LogP contribution < -0.4 is 5.32 Å². The van der Waals surface area contributed by atoms with Crippen LogP contribution in [0.25, 0.3) is 0 Å². The Morgan fingerprint density at radius 1 is 1.07 bits per heavy atom. The maximum Gasteiger partial charge on any atom is 0.162 e. The molecular weight excluding hydrogens is 178 g/mol. The van der Waals surface area contributed by atoms with Crippen molar-refractivity contribution >= 4 is 0 Å².